The highest BCUT2D eigenvalue weighted by Gasteiger charge is 2.49. The second-order valence-electron chi connectivity index (χ2n) is 8.27. The van der Waals surface area contributed by atoms with Crippen LogP contribution in [0.4, 0.5) is 4.79 Å². The van der Waals surface area contributed by atoms with Crippen molar-refractivity contribution in [3.05, 3.63) is 65.2 Å². The van der Waals surface area contributed by atoms with E-state index in [-0.39, 0.29) is 19.3 Å². The van der Waals surface area contributed by atoms with Crippen LogP contribution in [0.3, 0.4) is 0 Å². The van der Waals surface area contributed by atoms with Crippen LogP contribution < -0.4 is 10.1 Å². The third kappa shape index (κ3) is 4.16. The summed E-state index contributed by atoms with van der Waals surface area (Å²) in [6.07, 6.45) is 1.91. The maximum Gasteiger partial charge on any atom is 0.325 e. The number of carbonyl (C=O) groups excluding carboxylic acids is 2. The van der Waals surface area contributed by atoms with Gasteiger partial charge in [0.15, 0.2) is 0 Å². The van der Waals surface area contributed by atoms with E-state index in [4.69, 9.17) is 9.47 Å². The Morgan fingerprint density at radius 3 is 2.68 bits per heavy atom. The number of hydrogen-bond acceptors (Lipinski definition) is 5. The third-order valence-corrected chi connectivity index (χ3v) is 6.14. The monoisotopic (exact) mass is 424 g/mol. The van der Waals surface area contributed by atoms with E-state index in [0.29, 0.717) is 11.3 Å². The molecular weight excluding hydrogens is 396 g/mol. The quantitative estimate of drug-likeness (QED) is 0.668. The molecule has 2 N–H and O–H groups in total. The number of aliphatic hydroxyl groups excluding tert-OH is 1. The molecule has 2 aromatic rings. The highest BCUT2D eigenvalue weighted by molar-refractivity contribution is 6.07. The van der Waals surface area contributed by atoms with Gasteiger partial charge in [0.05, 0.1) is 32.5 Å². The molecule has 0 saturated carbocycles. The first-order valence-electron chi connectivity index (χ1n) is 10.6. The fourth-order valence-electron chi connectivity index (χ4n) is 4.36. The molecule has 1 aliphatic heterocycles. The van der Waals surface area contributed by atoms with E-state index in [1.165, 1.54) is 5.56 Å². The number of hydrogen-bond donors (Lipinski definition) is 2. The molecule has 4 rings (SSSR count). The maximum absolute atomic E-state index is 13.1. The van der Waals surface area contributed by atoms with Crippen LogP contribution in [0.15, 0.2) is 48.5 Å². The van der Waals surface area contributed by atoms with Gasteiger partial charge >= 0.3 is 6.03 Å². The smallest absolute Gasteiger partial charge is 0.325 e. The Balaban J connectivity index is 1.39. The summed E-state index contributed by atoms with van der Waals surface area (Å²) in [6, 6.07) is 14.6. The van der Waals surface area contributed by atoms with E-state index in [2.05, 4.69) is 17.4 Å². The second kappa shape index (κ2) is 8.69. The van der Waals surface area contributed by atoms with Gasteiger partial charge in [-0.25, -0.2) is 4.79 Å². The summed E-state index contributed by atoms with van der Waals surface area (Å²) in [5.41, 5.74) is 1.89. The standard InChI is InChI=1S/C24H28N2O5/c1-24(17-10-12-19(30-2)13-11-17)22(28)26(23(29)25-24)14-18(27)15-31-21-9-5-7-16-6-3-4-8-20(16)21/h3-4,6,8,10-13,18,21,27H,5,7,9,14-15H2,1-2H3,(H,25,29)/t18-,21-,24-/m1/s1. The van der Waals surface area contributed by atoms with Gasteiger partial charge in [-0.2, -0.15) is 0 Å². The fourth-order valence-corrected chi connectivity index (χ4v) is 4.36. The van der Waals surface area contributed by atoms with E-state index in [9.17, 15) is 14.7 Å². The van der Waals surface area contributed by atoms with Crippen molar-refractivity contribution in [1.82, 2.24) is 10.2 Å². The minimum Gasteiger partial charge on any atom is -0.497 e. The first-order valence-corrected chi connectivity index (χ1v) is 10.6. The largest absolute Gasteiger partial charge is 0.497 e. The Hall–Kier alpha value is -2.90. The summed E-state index contributed by atoms with van der Waals surface area (Å²) in [4.78, 5) is 26.6. The van der Waals surface area contributed by atoms with Crippen molar-refractivity contribution < 1.29 is 24.2 Å². The van der Waals surface area contributed by atoms with Crippen molar-refractivity contribution in [2.75, 3.05) is 20.3 Å². The number of fused-ring (bicyclic) bond motifs is 1. The third-order valence-electron chi connectivity index (χ3n) is 6.14. The van der Waals surface area contributed by atoms with Gasteiger partial charge in [0.2, 0.25) is 0 Å². The topological polar surface area (TPSA) is 88.1 Å². The van der Waals surface area contributed by atoms with Gasteiger partial charge in [0.1, 0.15) is 11.3 Å². The molecule has 1 heterocycles. The molecule has 3 atom stereocenters. The number of amides is 3. The SMILES string of the molecule is COc1ccc([C@@]2(C)NC(=O)N(C[C@@H](O)CO[C@@H]3CCCc4ccccc43)C2=O)cc1. The Morgan fingerprint density at radius 2 is 1.94 bits per heavy atom. The molecule has 2 aliphatic rings. The number of carbonyl (C=O) groups is 2. The van der Waals surface area contributed by atoms with Crippen LogP contribution >= 0.6 is 0 Å². The molecule has 7 nitrogen and oxygen atoms in total. The molecule has 0 radical (unpaired) electrons. The van der Waals surface area contributed by atoms with Crippen LogP contribution in [0.25, 0.3) is 0 Å². The normalized spacial score (nSPS) is 24.0. The van der Waals surface area contributed by atoms with E-state index in [0.717, 1.165) is 29.7 Å². The Morgan fingerprint density at radius 1 is 1.19 bits per heavy atom. The summed E-state index contributed by atoms with van der Waals surface area (Å²) < 4.78 is 11.1. The number of nitrogens with zero attached hydrogens (tertiary/aromatic N) is 1. The van der Waals surface area contributed by atoms with Crippen molar-refractivity contribution >= 4 is 11.9 Å². The van der Waals surface area contributed by atoms with E-state index in [1.807, 2.05) is 12.1 Å². The molecule has 0 aromatic heterocycles. The molecule has 0 unspecified atom stereocenters. The molecule has 164 valence electrons. The number of imide groups is 1. The van der Waals surface area contributed by atoms with Gasteiger partial charge in [0, 0.05) is 0 Å². The number of aliphatic hydroxyl groups is 1. The minimum atomic E-state index is -1.19. The van der Waals surface area contributed by atoms with Gasteiger partial charge in [0.25, 0.3) is 5.91 Å². The van der Waals surface area contributed by atoms with Gasteiger partial charge in [-0.1, -0.05) is 36.4 Å². The summed E-state index contributed by atoms with van der Waals surface area (Å²) in [5, 5.41) is 13.3. The zero-order chi connectivity index (χ0) is 22.0. The Kier molecular flexibility index (Phi) is 5.98. The van der Waals surface area contributed by atoms with Crippen molar-refractivity contribution in [1.29, 1.82) is 0 Å². The highest BCUT2D eigenvalue weighted by Crippen LogP contribution is 2.33. The predicted molar refractivity (Wildman–Crippen MR) is 115 cm³/mol. The van der Waals surface area contributed by atoms with Crippen LogP contribution in [-0.2, 0) is 21.5 Å². The van der Waals surface area contributed by atoms with Gasteiger partial charge in [-0.3, -0.25) is 9.69 Å². The predicted octanol–water partition coefficient (Wildman–Crippen LogP) is 2.92. The molecule has 1 aliphatic carbocycles. The van der Waals surface area contributed by atoms with Crippen LogP contribution in [0, 0.1) is 0 Å². The lowest BCUT2D eigenvalue weighted by molar-refractivity contribution is -0.132. The molecule has 2 aromatic carbocycles. The molecule has 31 heavy (non-hydrogen) atoms. The number of ether oxygens (including phenoxy) is 2. The molecule has 7 heteroatoms. The second-order valence-corrected chi connectivity index (χ2v) is 8.27. The first-order chi connectivity index (χ1) is 14.9. The summed E-state index contributed by atoms with van der Waals surface area (Å²) >= 11 is 0. The Labute approximate surface area is 182 Å². The Bertz CT molecular complexity index is 961. The average Bonchev–Trinajstić information content (AvgIpc) is 3.01. The van der Waals surface area contributed by atoms with Crippen molar-refractivity contribution in [2.24, 2.45) is 0 Å². The van der Waals surface area contributed by atoms with Crippen LogP contribution in [0.5, 0.6) is 5.75 Å². The molecule has 0 spiro atoms. The first kappa shape index (κ1) is 21.3. The van der Waals surface area contributed by atoms with Gasteiger partial charge in [-0.15, -0.1) is 0 Å². The molecular formula is C24H28N2O5. The van der Waals surface area contributed by atoms with Crippen LogP contribution in [0.2, 0.25) is 0 Å². The lowest BCUT2D eigenvalue weighted by Crippen LogP contribution is -2.42. The molecule has 0 bridgehead atoms. The molecule has 3 amide bonds. The molecule has 1 saturated heterocycles. The van der Waals surface area contributed by atoms with Crippen LogP contribution in [-0.4, -0.2) is 48.3 Å². The maximum atomic E-state index is 13.1. The number of rotatable bonds is 7. The number of benzene rings is 2. The van der Waals surface area contributed by atoms with E-state index >= 15 is 0 Å². The number of urea groups is 1. The zero-order valence-electron chi connectivity index (χ0n) is 17.8. The number of aryl methyl sites for hydroxylation is 1. The average molecular weight is 424 g/mol. The van der Waals surface area contributed by atoms with E-state index in [1.54, 1.807) is 38.3 Å². The van der Waals surface area contributed by atoms with Gasteiger partial charge in [-0.05, 0) is 55.0 Å². The van der Waals surface area contributed by atoms with E-state index < -0.39 is 23.6 Å². The zero-order valence-corrected chi connectivity index (χ0v) is 17.8. The number of β-amino-alcohol motifs (C(OH)–C–C–N with tert-alkyl or cyclic N) is 1. The molecule has 1 fully saturated rings. The van der Waals surface area contributed by atoms with Gasteiger partial charge < -0.3 is 19.9 Å². The lowest BCUT2D eigenvalue weighted by atomic mass is 9.89. The lowest BCUT2D eigenvalue weighted by Gasteiger charge is -2.27. The van der Waals surface area contributed by atoms with Crippen LogP contribution in [0.1, 0.15) is 42.6 Å². The highest BCUT2D eigenvalue weighted by atomic mass is 16.5. The van der Waals surface area contributed by atoms with Crippen molar-refractivity contribution in [3.63, 3.8) is 0 Å². The summed E-state index contributed by atoms with van der Waals surface area (Å²) in [7, 11) is 1.57. The van der Waals surface area contributed by atoms with Crippen molar-refractivity contribution in [2.45, 2.75) is 43.9 Å². The van der Waals surface area contributed by atoms with Crippen molar-refractivity contribution in [3.8, 4) is 5.75 Å². The summed E-state index contributed by atoms with van der Waals surface area (Å²) in [5.74, 6) is 0.266. The fraction of sp³-hybridized carbons (Fsp3) is 0.417. The minimum absolute atomic E-state index is 0.0509. The number of methoxy groups -OCH3 is 1. The number of nitrogens with one attached hydrogen (secondary N) is 1. The summed E-state index contributed by atoms with van der Waals surface area (Å²) in [6.45, 7) is 1.59.